The van der Waals surface area contributed by atoms with Crippen molar-refractivity contribution in [3.05, 3.63) is 41.2 Å². The van der Waals surface area contributed by atoms with Crippen LogP contribution in [0.5, 0.6) is 0 Å². The molecule has 0 radical (unpaired) electrons. The van der Waals surface area contributed by atoms with E-state index < -0.39 is 0 Å². The molecule has 15 heavy (non-hydrogen) atoms. The first-order valence-electron chi connectivity index (χ1n) is 4.67. The van der Waals surface area contributed by atoms with Crippen molar-refractivity contribution in [3.63, 3.8) is 0 Å². The second kappa shape index (κ2) is 4.18. The predicted octanol–water partition coefficient (Wildman–Crippen LogP) is 1.21. The molecule has 0 saturated heterocycles. The Labute approximate surface area is 92.1 Å². The Hall–Kier alpha value is -1.75. The molecule has 0 spiro atoms. The van der Waals surface area contributed by atoms with Crippen LogP contribution in [0.4, 0.5) is 0 Å². The van der Waals surface area contributed by atoms with Crippen LogP contribution in [0.2, 0.25) is 5.02 Å². The van der Waals surface area contributed by atoms with E-state index in [1.54, 1.807) is 0 Å². The van der Waals surface area contributed by atoms with E-state index in [9.17, 15) is 4.79 Å². The van der Waals surface area contributed by atoms with Crippen LogP contribution in [0, 0.1) is 0 Å². The number of nitrogens with zero attached hydrogens (tertiary/aromatic N) is 4. The number of rotatable bonds is 3. The van der Waals surface area contributed by atoms with Gasteiger partial charge in [-0.15, -0.1) is 10.2 Å². The third kappa shape index (κ3) is 2.19. The van der Waals surface area contributed by atoms with Gasteiger partial charge in [-0.05, 0) is 17.3 Å². The molecule has 2 aromatic rings. The number of hydrogen-bond donors (Lipinski definition) is 0. The van der Waals surface area contributed by atoms with Gasteiger partial charge in [-0.2, -0.15) is 4.80 Å². The quantitative estimate of drug-likeness (QED) is 0.734. The maximum atomic E-state index is 11.8. The molecule has 1 aromatic heterocycles. The maximum Gasteiger partial charge on any atom is 0.187 e. The highest BCUT2D eigenvalue weighted by Gasteiger charge is 2.10. The highest BCUT2D eigenvalue weighted by Crippen LogP contribution is 2.15. The van der Waals surface area contributed by atoms with E-state index in [1.165, 1.54) is 24.5 Å². The number of carbonyl (C=O) groups excluding carboxylic acids is 1. The number of aromatic nitrogens is 4. The highest BCUT2D eigenvalue weighted by molar-refractivity contribution is 6.33. The summed E-state index contributed by atoms with van der Waals surface area (Å²) in [7, 11) is 0. The van der Waals surface area contributed by atoms with Gasteiger partial charge in [-0.1, -0.05) is 23.7 Å². The van der Waals surface area contributed by atoms with E-state index in [4.69, 9.17) is 13.0 Å². The van der Waals surface area contributed by atoms with Gasteiger partial charge in [-0.25, -0.2) is 0 Å². The molecule has 5 nitrogen and oxygen atoms in total. The van der Waals surface area contributed by atoms with Crippen molar-refractivity contribution >= 4 is 17.4 Å². The SMILES string of the molecule is [2H]c1ccc(Cl)c(C(=O)Cn2ncnn2)c1. The summed E-state index contributed by atoms with van der Waals surface area (Å²) in [5, 5.41) is 11.1. The zero-order valence-electron chi connectivity index (χ0n) is 8.59. The lowest BCUT2D eigenvalue weighted by atomic mass is 10.1. The summed E-state index contributed by atoms with van der Waals surface area (Å²) < 4.78 is 7.41. The largest absolute Gasteiger partial charge is 0.292 e. The first-order valence-corrected chi connectivity index (χ1v) is 4.55. The van der Waals surface area contributed by atoms with Gasteiger partial charge >= 0.3 is 0 Å². The minimum absolute atomic E-state index is 0.0385. The Morgan fingerprint density at radius 3 is 3.20 bits per heavy atom. The smallest absolute Gasteiger partial charge is 0.187 e. The number of ketones is 1. The number of benzene rings is 1. The molecule has 0 amide bonds. The van der Waals surface area contributed by atoms with Crippen LogP contribution in [-0.4, -0.2) is 26.0 Å². The Balaban J connectivity index is 2.24. The molecule has 2 rings (SSSR count). The second-order valence-corrected chi connectivity index (χ2v) is 3.20. The number of hydrogen-bond acceptors (Lipinski definition) is 4. The minimum atomic E-state index is -0.253. The van der Waals surface area contributed by atoms with Crippen LogP contribution >= 0.6 is 11.6 Å². The van der Waals surface area contributed by atoms with Gasteiger partial charge < -0.3 is 0 Å². The van der Waals surface area contributed by atoms with E-state index in [0.717, 1.165) is 4.80 Å². The van der Waals surface area contributed by atoms with Gasteiger partial charge in [0.15, 0.2) is 12.1 Å². The normalized spacial score (nSPS) is 11.1. The number of carbonyl (C=O) groups is 1. The monoisotopic (exact) mass is 223 g/mol. The molecule has 0 saturated carbocycles. The molecule has 0 unspecified atom stereocenters. The van der Waals surface area contributed by atoms with E-state index in [-0.39, 0.29) is 18.4 Å². The molecule has 1 aromatic carbocycles. The van der Waals surface area contributed by atoms with Crippen LogP contribution in [0.15, 0.2) is 30.6 Å². The fourth-order valence-electron chi connectivity index (χ4n) is 1.10. The van der Waals surface area contributed by atoms with Crippen molar-refractivity contribution in [1.29, 1.82) is 0 Å². The molecule has 0 aliphatic rings. The van der Waals surface area contributed by atoms with Crippen LogP contribution in [0.25, 0.3) is 0 Å². The van der Waals surface area contributed by atoms with Crippen LogP contribution < -0.4 is 0 Å². The molecule has 0 atom stereocenters. The average molecular weight is 224 g/mol. The topological polar surface area (TPSA) is 60.7 Å². The molecule has 0 bridgehead atoms. The molecule has 76 valence electrons. The zero-order chi connectivity index (χ0) is 11.5. The first-order chi connectivity index (χ1) is 7.66. The van der Waals surface area contributed by atoms with Crippen LogP contribution in [0.1, 0.15) is 11.7 Å². The number of tetrazole rings is 1. The molecule has 0 aliphatic heterocycles. The lowest BCUT2D eigenvalue weighted by Gasteiger charge is -2.01. The number of halogens is 1. The van der Waals surface area contributed by atoms with Crippen molar-refractivity contribution in [2.45, 2.75) is 6.54 Å². The summed E-state index contributed by atoms with van der Waals surface area (Å²) in [4.78, 5) is 13.0. The summed E-state index contributed by atoms with van der Waals surface area (Å²) >= 11 is 5.86. The Morgan fingerprint density at radius 2 is 2.47 bits per heavy atom. The minimum Gasteiger partial charge on any atom is -0.292 e. The molecule has 6 heteroatoms. The van der Waals surface area contributed by atoms with Gasteiger partial charge in [0.2, 0.25) is 0 Å². The van der Waals surface area contributed by atoms with Gasteiger partial charge in [0.05, 0.1) is 6.39 Å². The fourth-order valence-corrected chi connectivity index (χ4v) is 1.32. The van der Waals surface area contributed by atoms with Crippen molar-refractivity contribution in [3.8, 4) is 0 Å². The number of Topliss-reactive ketones (excluding diaryl/α,β-unsaturated/α-hetero) is 1. The summed E-state index contributed by atoms with van der Waals surface area (Å²) in [6, 6.07) is 4.69. The highest BCUT2D eigenvalue weighted by atomic mass is 35.5. The standard InChI is InChI=1S/C9H7ClN4O/c10-8-4-2-1-3-7(8)9(15)5-14-12-6-11-13-14/h1-4,6H,5H2/i1D. The van der Waals surface area contributed by atoms with Gasteiger partial charge in [0.1, 0.15) is 6.54 Å². The van der Waals surface area contributed by atoms with Gasteiger partial charge in [0.25, 0.3) is 0 Å². The van der Waals surface area contributed by atoms with Crippen LogP contribution in [-0.2, 0) is 6.54 Å². The van der Waals surface area contributed by atoms with Crippen molar-refractivity contribution in [2.75, 3.05) is 0 Å². The maximum absolute atomic E-state index is 11.8. The van der Waals surface area contributed by atoms with E-state index in [0.29, 0.717) is 10.6 Å². The average Bonchev–Trinajstić information content (AvgIpc) is 2.74. The van der Waals surface area contributed by atoms with E-state index in [2.05, 4.69) is 15.4 Å². The van der Waals surface area contributed by atoms with E-state index >= 15 is 0 Å². The van der Waals surface area contributed by atoms with Crippen molar-refractivity contribution < 1.29 is 6.17 Å². The summed E-state index contributed by atoms with van der Waals surface area (Å²) in [6.07, 6.45) is 1.25. The summed E-state index contributed by atoms with van der Waals surface area (Å²) in [5.41, 5.74) is 0.298. The van der Waals surface area contributed by atoms with Gasteiger partial charge in [0, 0.05) is 5.56 Å². The Bertz CT molecular complexity index is 514. The fraction of sp³-hybridized carbons (Fsp3) is 0.111. The lowest BCUT2D eigenvalue weighted by molar-refractivity contribution is 0.0961. The Morgan fingerprint density at radius 1 is 1.60 bits per heavy atom. The summed E-state index contributed by atoms with van der Waals surface area (Å²) in [6.45, 7) is -0.0385. The second-order valence-electron chi connectivity index (χ2n) is 2.80. The lowest BCUT2D eigenvalue weighted by Crippen LogP contribution is -2.13. The Kier molecular flexibility index (Phi) is 2.38. The molecule has 0 fully saturated rings. The van der Waals surface area contributed by atoms with E-state index in [1.807, 2.05) is 0 Å². The summed E-state index contributed by atoms with van der Waals surface area (Å²) in [5.74, 6) is -0.253. The molecule has 0 N–H and O–H groups in total. The van der Waals surface area contributed by atoms with Crippen LogP contribution in [0.3, 0.4) is 0 Å². The first kappa shape index (κ1) is 8.55. The van der Waals surface area contributed by atoms with Gasteiger partial charge in [-0.3, -0.25) is 4.79 Å². The zero-order valence-corrected chi connectivity index (χ0v) is 8.35. The molecular weight excluding hydrogens is 216 g/mol. The molecule has 1 heterocycles. The predicted molar refractivity (Wildman–Crippen MR) is 53.6 cm³/mol. The third-order valence-corrected chi connectivity index (χ3v) is 2.12. The van der Waals surface area contributed by atoms with Crippen molar-refractivity contribution in [2.24, 2.45) is 0 Å². The third-order valence-electron chi connectivity index (χ3n) is 1.79. The molecule has 0 aliphatic carbocycles. The van der Waals surface area contributed by atoms with Crippen molar-refractivity contribution in [1.82, 2.24) is 20.2 Å². The molecular formula is C9H7ClN4O.